The van der Waals surface area contributed by atoms with Crippen molar-refractivity contribution in [2.75, 3.05) is 14.2 Å². The summed E-state index contributed by atoms with van der Waals surface area (Å²) in [6.07, 6.45) is 6.62. The molecule has 0 radical (unpaired) electrons. The lowest BCUT2D eigenvalue weighted by molar-refractivity contribution is 0.198. The molecule has 1 fully saturated rings. The lowest BCUT2D eigenvalue weighted by atomic mass is 10.1. The van der Waals surface area contributed by atoms with E-state index in [1.165, 1.54) is 12.8 Å². The zero-order valence-corrected chi connectivity index (χ0v) is 15.5. The van der Waals surface area contributed by atoms with Gasteiger partial charge in [0.15, 0.2) is 17.5 Å². The largest absolute Gasteiger partial charge is 0.493 e. The van der Waals surface area contributed by atoms with Gasteiger partial charge in [0, 0.05) is 19.2 Å². The van der Waals surface area contributed by atoms with Gasteiger partial charge in [-0.3, -0.25) is 4.99 Å². The molecule has 140 valence electrons. The number of nitrogens with zero attached hydrogens (tertiary/aromatic N) is 1. The monoisotopic (exact) mass is 357 g/mol. The third kappa shape index (κ3) is 4.71. The van der Waals surface area contributed by atoms with Crippen LogP contribution in [0.25, 0.3) is 0 Å². The molecular formula is C20H27N3O3. The van der Waals surface area contributed by atoms with E-state index in [4.69, 9.17) is 13.9 Å². The molecule has 0 spiro atoms. The zero-order valence-electron chi connectivity index (χ0n) is 15.5. The predicted octanol–water partition coefficient (Wildman–Crippen LogP) is 3.47. The molecule has 0 amide bonds. The minimum atomic E-state index is 0.279. The Morgan fingerprint density at radius 2 is 1.96 bits per heavy atom. The summed E-state index contributed by atoms with van der Waals surface area (Å²) in [5, 5.41) is 6.56. The second kappa shape index (κ2) is 9.17. The standard InChI is InChI=1S/C20H27N3O3/c1-21-20(23-14-17-10-6-12-25-17)22-13-15-7-5-11-18(24-2)19(15)26-16-8-3-4-9-16/h5-7,10-12,16H,3-4,8-9,13-14H2,1-2H3,(H2,21,22,23). The van der Waals surface area contributed by atoms with Crippen LogP contribution in [0.3, 0.4) is 0 Å². The molecule has 1 saturated carbocycles. The summed E-state index contributed by atoms with van der Waals surface area (Å²) >= 11 is 0. The molecule has 1 aliphatic rings. The van der Waals surface area contributed by atoms with Crippen molar-refractivity contribution in [1.29, 1.82) is 0 Å². The molecule has 0 aliphatic heterocycles. The highest BCUT2D eigenvalue weighted by Crippen LogP contribution is 2.34. The molecule has 1 aliphatic carbocycles. The van der Waals surface area contributed by atoms with E-state index in [-0.39, 0.29) is 6.10 Å². The number of furan rings is 1. The minimum absolute atomic E-state index is 0.279. The molecule has 3 rings (SSSR count). The second-order valence-corrected chi connectivity index (χ2v) is 6.33. The molecule has 6 heteroatoms. The maximum absolute atomic E-state index is 6.27. The van der Waals surface area contributed by atoms with Crippen LogP contribution in [-0.2, 0) is 13.1 Å². The lowest BCUT2D eigenvalue weighted by Crippen LogP contribution is -2.36. The fourth-order valence-corrected chi connectivity index (χ4v) is 3.15. The average Bonchev–Trinajstić information content (AvgIpc) is 3.36. The second-order valence-electron chi connectivity index (χ2n) is 6.33. The van der Waals surface area contributed by atoms with Crippen LogP contribution in [0.2, 0.25) is 0 Å². The van der Waals surface area contributed by atoms with Crippen molar-refractivity contribution in [1.82, 2.24) is 10.6 Å². The highest BCUT2D eigenvalue weighted by atomic mass is 16.5. The first kappa shape index (κ1) is 18.2. The van der Waals surface area contributed by atoms with Crippen LogP contribution in [0.15, 0.2) is 46.0 Å². The van der Waals surface area contributed by atoms with Gasteiger partial charge in [-0.1, -0.05) is 12.1 Å². The molecule has 6 nitrogen and oxygen atoms in total. The van der Waals surface area contributed by atoms with E-state index in [0.717, 1.165) is 35.7 Å². The highest BCUT2D eigenvalue weighted by Gasteiger charge is 2.20. The summed E-state index contributed by atoms with van der Waals surface area (Å²) in [6, 6.07) is 9.78. The van der Waals surface area contributed by atoms with E-state index in [1.54, 1.807) is 20.4 Å². The summed E-state index contributed by atoms with van der Waals surface area (Å²) in [6.45, 7) is 1.17. The highest BCUT2D eigenvalue weighted by molar-refractivity contribution is 5.79. The summed E-state index contributed by atoms with van der Waals surface area (Å²) < 4.78 is 17.1. The van der Waals surface area contributed by atoms with Gasteiger partial charge in [-0.2, -0.15) is 0 Å². The van der Waals surface area contributed by atoms with Gasteiger partial charge < -0.3 is 24.5 Å². The maximum atomic E-state index is 6.27. The van der Waals surface area contributed by atoms with Gasteiger partial charge in [0.25, 0.3) is 0 Å². The Labute approximate surface area is 154 Å². The van der Waals surface area contributed by atoms with Gasteiger partial charge >= 0.3 is 0 Å². The van der Waals surface area contributed by atoms with Gasteiger partial charge in [0.05, 0.1) is 26.0 Å². The Kier molecular flexibility index (Phi) is 6.41. The molecule has 0 saturated heterocycles. The van der Waals surface area contributed by atoms with Crippen molar-refractivity contribution in [3.63, 3.8) is 0 Å². The smallest absolute Gasteiger partial charge is 0.191 e. The van der Waals surface area contributed by atoms with Gasteiger partial charge in [-0.25, -0.2) is 0 Å². The first-order valence-electron chi connectivity index (χ1n) is 9.09. The maximum Gasteiger partial charge on any atom is 0.191 e. The first-order chi connectivity index (χ1) is 12.8. The van der Waals surface area contributed by atoms with Crippen molar-refractivity contribution in [2.24, 2.45) is 4.99 Å². The number of para-hydroxylation sites is 1. The van der Waals surface area contributed by atoms with Gasteiger partial charge in [0.1, 0.15) is 5.76 Å². The molecular weight excluding hydrogens is 330 g/mol. The Morgan fingerprint density at radius 3 is 2.65 bits per heavy atom. The van der Waals surface area contributed by atoms with Crippen molar-refractivity contribution in [3.05, 3.63) is 47.9 Å². The Bertz CT molecular complexity index is 707. The third-order valence-electron chi connectivity index (χ3n) is 4.55. The number of benzene rings is 1. The van der Waals surface area contributed by atoms with Crippen LogP contribution in [0.4, 0.5) is 0 Å². The number of methoxy groups -OCH3 is 1. The third-order valence-corrected chi connectivity index (χ3v) is 4.55. The number of hydrogen-bond donors (Lipinski definition) is 2. The summed E-state index contributed by atoms with van der Waals surface area (Å²) in [7, 11) is 3.43. The van der Waals surface area contributed by atoms with Crippen molar-refractivity contribution in [2.45, 2.75) is 44.9 Å². The van der Waals surface area contributed by atoms with Crippen LogP contribution in [0.1, 0.15) is 37.0 Å². The molecule has 0 bridgehead atoms. The molecule has 26 heavy (non-hydrogen) atoms. The number of hydrogen-bond acceptors (Lipinski definition) is 4. The Morgan fingerprint density at radius 1 is 1.15 bits per heavy atom. The van der Waals surface area contributed by atoms with E-state index >= 15 is 0 Å². The van der Waals surface area contributed by atoms with Gasteiger partial charge in [0.2, 0.25) is 0 Å². The summed E-state index contributed by atoms with van der Waals surface area (Å²) in [5.41, 5.74) is 1.05. The topological polar surface area (TPSA) is 68.0 Å². The summed E-state index contributed by atoms with van der Waals surface area (Å²) in [4.78, 5) is 4.26. The molecule has 2 N–H and O–H groups in total. The normalized spacial score (nSPS) is 15.1. The Balaban J connectivity index is 1.63. The van der Waals surface area contributed by atoms with Gasteiger partial charge in [-0.05, 0) is 43.9 Å². The number of guanidine groups is 1. The van der Waals surface area contributed by atoms with Crippen LogP contribution in [-0.4, -0.2) is 26.2 Å². The Hall–Kier alpha value is -2.63. The quantitative estimate of drug-likeness (QED) is 0.587. The van der Waals surface area contributed by atoms with E-state index in [0.29, 0.717) is 19.0 Å². The minimum Gasteiger partial charge on any atom is -0.493 e. The number of nitrogens with one attached hydrogen (secondary N) is 2. The average molecular weight is 357 g/mol. The number of rotatable bonds is 7. The van der Waals surface area contributed by atoms with Crippen LogP contribution in [0, 0.1) is 0 Å². The molecule has 1 heterocycles. The molecule has 2 aromatic rings. The summed E-state index contributed by atoms with van der Waals surface area (Å²) in [5.74, 6) is 3.17. The van der Waals surface area contributed by atoms with Crippen molar-refractivity contribution < 1.29 is 13.9 Å². The fraction of sp³-hybridized carbons (Fsp3) is 0.450. The van der Waals surface area contributed by atoms with E-state index < -0.39 is 0 Å². The van der Waals surface area contributed by atoms with Gasteiger partial charge in [-0.15, -0.1) is 0 Å². The van der Waals surface area contributed by atoms with E-state index in [2.05, 4.69) is 21.7 Å². The molecule has 1 aromatic carbocycles. The van der Waals surface area contributed by atoms with Crippen LogP contribution in [0.5, 0.6) is 11.5 Å². The fourth-order valence-electron chi connectivity index (χ4n) is 3.15. The molecule has 0 unspecified atom stereocenters. The number of ether oxygens (including phenoxy) is 2. The van der Waals surface area contributed by atoms with E-state index in [9.17, 15) is 0 Å². The van der Waals surface area contributed by atoms with Crippen LogP contribution < -0.4 is 20.1 Å². The molecule has 0 atom stereocenters. The number of aliphatic imine (C=N–C) groups is 1. The van der Waals surface area contributed by atoms with Crippen LogP contribution >= 0.6 is 0 Å². The zero-order chi connectivity index (χ0) is 18.2. The van der Waals surface area contributed by atoms with E-state index in [1.807, 2.05) is 24.3 Å². The predicted molar refractivity (Wildman–Crippen MR) is 102 cm³/mol. The molecule has 1 aromatic heterocycles. The first-order valence-corrected chi connectivity index (χ1v) is 9.09. The SMILES string of the molecule is CN=C(NCc1ccco1)NCc1cccc(OC)c1OC1CCCC1. The van der Waals surface area contributed by atoms with Crippen molar-refractivity contribution >= 4 is 5.96 Å². The van der Waals surface area contributed by atoms with Crippen molar-refractivity contribution in [3.8, 4) is 11.5 Å². The lowest BCUT2D eigenvalue weighted by Gasteiger charge is -2.20.